The summed E-state index contributed by atoms with van der Waals surface area (Å²) in [6.07, 6.45) is 1.02. The largest absolute Gasteiger partial charge is 0.491 e. The highest BCUT2D eigenvalue weighted by Crippen LogP contribution is 2.38. The van der Waals surface area contributed by atoms with E-state index in [0.717, 1.165) is 40.8 Å². The molecule has 3 rings (SSSR count). The van der Waals surface area contributed by atoms with Gasteiger partial charge in [-0.05, 0) is 42.3 Å². The molecular formula is C16H15Br2NO. The van der Waals surface area contributed by atoms with Crippen LogP contribution in [0.2, 0.25) is 0 Å². The Morgan fingerprint density at radius 3 is 2.80 bits per heavy atom. The van der Waals surface area contributed by atoms with Crippen LogP contribution in [-0.4, -0.2) is 13.2 Å². The Hall–Kier alpha value is -1.00. The molecule has 1 heterocycles. The quantitative estimate of drug-likeness (QED) is 0.641. The van der Waals surface area contributed by atoms with Gasteiger partial charge in [-0.1, -0.05) is 44.0 Å². The van der Waals surface area contributed by atoms with Crippen molar-refractivity contribution in [2.24, 2.45) is 0 Å². The lowest BCUT2D eigenvalue weighted by molar-refractivity contribution is 0.322. The normalized spacial score (nSPS) is 14.4. The lowest BCUT2D eigenvalue weighted by atomic mass is 10.1. The smallest absolute Gasteiger partial charge is 0.142 e. The molecule has 2 nitrogen and oxygen atoms in total. The summed E-state index contributed by atoms with van der Waals surface area (Å²) in [7, 11) is 0. The Labute approximate surface area is 136 Å². The molecule has 2 aromatic rings. The average Bonchev–Trinajstić information content (AvgIpc) is 2.69. The second kappa shape index (κ2) is 6.19. The predicted molar refractivity (Wildman–Crippen MR) is 90.3 cm³/mol. The number of hydrogen-bond acceptors (Lipinski definition) is 2. The molecule has 0 aromatic heterocycles. The Morgan fingerprint density at radius 2 is 1.95 bits per heavy atom. The molecular weight excluding hydrogens is 382 g/mol. The van der Waals surface area contributed by atoms with E-state index in [-0.39, 0.29) is 0 Å². The molecule has 2 aromatic carbocycles. The second-order valence-corrected chi connectivity index (χ2v) is 6.20. The SMILES string of the molecule is BrCc1cc(Br)ccc1N1CCCOc2ccccc21. The second-order valence-electron chi connectivity index (χ2n) is 4.73. The van der Waals surface area contributed by atoms with Crippen molar-refractivity contribution in [3.05, 3.63) is 52.5 Å². The van der Waals surface area contributed by atoms with Gasteiger partial charge in [-0.3, -0.25) is 0 Å². The van der Waals surface area contributed by atoms with Crippen LogP contribution in [0.15, 0.2) is 46.9 Å². The van der Waals surface area contributed by atoms with Crippen LogP contribution >= 0.6 is 31.9 Å². The lowest BCUT2D eigenvalue weighted by Gasteiger charge is -2.26. The Bertz CT molecular complexity index is 615. The zero-order chi connectivity index (χ0) is 13.9. The summed E-state index contributed by atoms with van der Waals surface area (Å²) in [5, 5.41) is 0.835. The van der Waals surface area contributed by atoms with Crippen molar-refractivity contribution in [3.63, 3.8) is 0 Å². The van der Waals surface area contributed by atoms with Gasteiger partial charge in [0.1, 0.15) is 5.75 Å². The summed E-state index contributed by atoms with van der Waals surface area (Å²) in [6, 6.07) is 14.7. The van der Waals surface area contributed by atoms with Crippen LogP contribution in [0.5, 0.6) is 5.75 Å². The molecule has 0 bridgehead atoms. The molecule has 0 N–H and O–H groups in total. The predicted octanol–water partition coefficient (Wildman–Crippen LogP) is 5.26. The summed E-state index contributed by atoms with van der Waals surface area (Å²) in [6.45, 7) is 1.74. The third-order valence-electron chi connectivity index (χ3n) is 3.42. The number of halogens is 2. The van der Waals surface area contributed by atoms with Gasteiger partial charge in [0, 0.05) is 22.0 Å². The van der Waals surface area contributed by atoms with Gasteiger partial charge in [-0.15, -0.1) is 0 Å². The minimum atomic E-state index is 0.772. The summed E-state index contributed by atoms with van der Waals surface area (Å²) in [5.41, 5.74) is 3.66. The van der Waals surface area contributed by atoms with Crippen LogP contribution in [0.4, 0.5) is 11.4 Å². The van der Waals surface area contributed by atoms with Crippen LogP contribution < -0.4 is 9.64 Å². The highest BCUT2D eigenvalue weighted by Gasteiger charge is 2.19. The molecule has 0 amide bonds. The number of anilines is 2. The Balaban J connectivity index is 2.10. The van der Waals surface area contributed by atoms with Crippen molar-refractivity contribution in [3.8, 4) is 5.75 Å². The zero-order valence-corrected chi connectivity index (χ0v) is 14.2. The number of benzene rings is 2. The van der Waals surface area contributed by atoms with Gasteiger partial charge in [0.05, 0.1) is 12.3 Å². The molecule has 0 aliphatic carbocycles. The van der Waals surface area contributed by atoms with E-state index in [1.807, 2.05) is 12.1 Å². The zero-order valence-electron chi connectivity index (χ0n) is 11.0. The maximum Gasteiger partial charge on any atom is 0.142 e. The van der Waals surface area contributed by atoms with Gasteiger partial charge < -0.3 is 9.64 Å². The van der Waals surface area contributed by atoms with Crippen molar-refractivity contribution in [2.75, 3.05) is 18.1 Å². The van der Waals surface area contributed by atoms with E-state index in [0.29, 0.717) is 0 Å². The van der Waals surface area contributed by atoms with E-state index >= 15 is 0 Å². The summed E-state index contributed by atoms with van der Waals surface area (Å²) in [4.78, 5) is 2.35. The topological polar surface area (TPSA) is 12.5 Å². The molecule has 0 saturated heterocycles. The summed E-state index contributed by atoms with van der Waals surface area (Å²) < 4.78 is 6.94. The number of alkyl halides is 1. The number of fused-ring (bicyclic) bond motifs is 1. The van der Waals surface area contributed by atoms with E-state index in [2.05, 4.69) is 67.1 Å². The Kier molecular flexibility index (Phi) is 4.32. The van der Waals surface area contributed by atoms with Gasteiger partial charge in [0.15, 0.2) is 0 Å². The van der Waals surface area contributed by atoms with Crippen molar-refractivity contribution in [2.45, 2.75) is 11.8 Å². The van der Waals surface area contributed by atoms with E-state index in [1.165, 1.54) is 11.3 Å². The van der Waals surface area contributed by atoms with Crippen LogP contribution in [0.3, 0.4) is 0 Å². The first kappa shape index (κ1) is 14.0. The molecule has 0 saturated carbocycles. The van der Waals surface area contributed by atoms with E-state index in [1.54, 1.807) is 0 Å². The minimum Gasteiger partial charge on any atom is -0.491 e. The lowest BCUT2D eigenvalue weighted by Crippen LogP contribution is -2.18. The number of ether oxygens (including phenoxy) is 1. The van der Waals surface area contributed by atoms with E-state index < -0.39 is 0 Å². The van der Waals surface area contributed by atoms with Gasteiger partial charge in [-0.25, -0.2) is 0 Å². The highest BCUT2D eigenvalue weighted by molar-refractivity contribution is 9.10. The molecule has 0 unspecified atom stereocenters. The number of hydrogen-bond donors (Lipinski definition) is 0. The van der Waals surface area contributed by atoms with Gasteiger partial charge in [-0.2, -0.15) is 0 Å². The molecule has 0 spiro atoms. The van der Waals surface area contributed by atoms with Crippen LogP contribution in [0, 0.1) is 0 Å². The molecule has 1 aliphatic rings. The summed E-state index contributed by atoms with van der Waals surface area (Å²) in [5.74, 6) is 0.966. The van der Waals surface area contributed by atoms with Crippen LogP contribution in [-0.2, 0) is 5.33 Å². The molecule has 0 atom stereocenters. The molecule has 104 valence electrons. The first-order chi connectivity index (χ1) is 9.79. The first-order valence-electron chi connectivity index (χ1n) is 6.63. The van der Waals surface area contributed by atoms with Gasteiger partial charge in [0.25, 0.3) is 0 Å². The van der Waals surface area contributed by atoms with Crippen molar-refractivity contribution < 1.29 is 4.74 Å². The number of rotatable bonds is 2. The molecule has 4 heteroatoms. The fourth-order valence-corrected chi connectivity index (χ4v) is 3.36. The van der Waals surface area contributed by atoms with Crippen molar-refractivity contribution >= 4 is 43.2 Å². The van der Waals surface area contributed by atoms with Crippen LogP contribution in [0.25, 0.3) is 0 Å². The first-order valence-corrected chi connectivity index (χ1v) is 8.55. The van der Waals surface area contributed by atoms with E-state index in [9.17, 15) is 0 Å². The maximum absolute atomic E-state index is 5.83. The average molecular weight is 397 g/mol. The number of para-hydroxylation sites is 2. The standard InChI is InChI=1S/C16H15Br2NO/c17-11-12-10-13(18)6-7-14(12)19-8-3-9-20-16-5-2-1-4-15(16)19/h1-2,4-7,10H,3,8-9,11H2. The molecule has 0 fully saturated rings. The fraction of sp³-hybridized carbons (Fsp3) is 0.250. The van der Waals surface area contributed by atoms with Gasteiger partial charge in [0.2, 0.25) is 0 Å². The third-order valence-corrected chi connectivity index (χ3v) is 4.51. The van der Waals surface area contributed by atoms with E-state index in [4.69, 9.17) is 4.74 Å². The Morgan fingerprint density at radius 1 is 1.10 bits per heavy atom. The minimum absolute atomic E-state index is 0.772. The molecule has 20 heavy (non-hydrogen) atoms. The monoisotopic (exact) mass is 395 g/mol. The van der Waals surface area contributed by atoms with Crippen LogP contribution in [0.1, 0.15) is 12.0 Å². The summed E-state index contributed by atoms with van der Waals surface area (Å²) >= 11 is 7.13. The highest BCUT2D eigenvalue weighted by atomic mass is 79.9. The van der Waals surface area contributed by atoms with Crippen molar-refractivity contribution in [1.29, 1.82) is 0 Å². The maximum atomic E-state index is 5.83. The third kappa shape index (κ3) is 2.72. The molecule has 0 radical (unpaired) electrons. The van der Waals surface area contributed by atoms with Crippen molar-refractivity contribution in [1.82, 2.24) is 0 Å². The number of nitrogens with zero attached hydrogens (tertiary/aromatic N) is 1. The fourth-order valence-electron chi connectivity index (χ4n) is 2.50. The molecule has 1 aliphatic heterocycles. The van der Waals surface area contributed by atoms with Gasteiger partial charge >= 0.3 is 0 Å².